The van der Waals surface area contributed by atoms with Gasteiger partial charge in [-0.05, 0) is 64.7 Å². The Bertz CT molecular complexity index is 479. The van der Waals surface area contributed by atoms with Gasteiger partial charge in [0, 0.05) is 32.7 Å². The van der Waals surface area contributed by atoms with E-state index in [0.717, 1.165) is 52.0 Å². The molecule has 2 fully saturated rings. The Morgan fingerprint density at radius 1 is 1.15 bits per heavy atom. The molecular formula is C19H37IN4O2. The summed E-state index contributed by atoms with van der Waals surface area (Å²) in [5.41, 5.74) is 5.73. The minimum atomic E-state index is -0.436. The van der Waals surface area contributed by atoms with Crippen LogP contribution in [0.15, 0.2) is 4.99 Å². The molecular weight excluding hydrogens is 443 g/mol. The Kier molecular flexibility index (Phi) is 9.47. The number of carbonyl (C=O) groups excluding carboxylic acids is 1. The zero-order chi connectivity index (χ0) is 18.4. The van der Waals surface area contributed by atoms with E-state index in [4.69, 9.17) is 10.5 Å². The van der Waals surface area contributed by atoms with Crippen molar-refractivity contribution < 1.29 is 9.53 Å². The molecule has 0 aromatic carbocycles. The Balaban J connectivity index is 0.00000338. The molecule has 0 spiro atoms. The SMILES string of the molecule is CC1CCCN(C(N)=NCCC2CCCN(C(=O)OC(C)(C)C)C2)C1.I. The van der Waals surface area contributed by atoms with Gasteiger partial charge in [-0.3, -0.25) is 4.99 Å². The molecule has 26 heavy (non-hydrogen) atoms. The Hall–Kier alpha value is -0.730. The third-order valence-corrected chi connectivity index (χ3v) is 4.96. The number of hydrogen-bond donors (Lipinski definition) is 1. The first-order valence-corrected chi connectivity index (χ1v) is 9.77. The van der Waals surface area contributed by atoms with Crippen LogP contribution in [-0.4, -0.2) is 60.2 Å². The molecule has 2 aliphatic rings. The molecule has 0 aromatic heterocycles. The molecule has 2 heterocycles. The number of rotatable bonds is 3. The van der Waals surface area contributed by atoms with Crippen LogP contribution in [0.4, 0.5) is 4.79 Å². The molecule has 0 bridgehead atoms. The minimum absolute atomic E-state index is 0. The van der Waals surface area contributed by atoms with Crippen LogP contribution in [0.3, 0.4) is 0 Å². The number of likely N-dealkylation sites (tertiary alicyclic amines) is 2. The largest absolute Gasteiger partial charge is 0.444 e. The number of guanidine groups is 1. The topological polar surface area (TPSA) is 71.2 Å². The molecule has 0 aliphatic carbocycles. The van der Waals surface area contributed by atoms with E-state index < -0.39 is 5.60 Å². The number of amides is 1. The lowest BCUT2D eigenvalue weighted by Gasteiger charge is -2.34. The fourth-order valence-electron chi connectivity index (χ4n) is 3.65. The lowest BCUT2D eigenvalue weighted by Crippen LogP contribution is -2.44. The van der Waals surface area contributed by atoms with Crippen molar-refractivity contribution in [2.24, 2.45) is 22.6 Å². The number of halogens is 1. The van der Waals surface area contributed by atoms with E-state index in [1.165, 1.54) is 12.8 Å². The maximum absolute atomic E-state index is 12.2. The summed E-state index contributed by atoms with van der Waals surface area (Å²) >= 11 is 0. The molecule has 2 N–H and O–H groups in total. The number of hydrogen-bond acceptors (Lipinski definition) is 3. The Labute approximate surface area is 175 Å². The zero-order valence-electron chi connectivity index (χ0n) is 16.9. The van der Waals surface area contributed by atoms with Gasteiger partial charge in [0.05, 0.1) is 0 Å². The lowest BCUT2D eigenvalue weighted by atomic mass is 9.95. The van der Waals surface area contributed by atoms with Crippen LogP contribution in [0.2, 0.25) is 0 Å². The first-order chi connectivity index (χ1) is 11.7. The van der Waals surface area contributed by atoms with Gasteiger partial charge in [0.2, 0.25) is 0 Å². The van der Waals surface area contributed by atoms with E-state index in [0.29, 0.717) is 17.8 Å². The number of nitrogens with two attached hydrogens (primary N) is 1. The van der Waals surface area contributed by atoms with Crippen LogP contribution in [0.1, 0.15) is 59.8 Å². The maximum Gasteiger partial charge on any atom is 0.410 e. The fourth-order valence-corrected chi connectivity index (χ4v) is 3.65. The van der Waals surface area contributed by atoms with Crippen molar-refractivity contribution in [1.82, 2.24) is 9.80 Å². The van der Waals surface area contributed by atoms with Gasteiger partial charge in [-0.15, -0.1) is 24.0 Å². The quantitative estimate of drug-likeness (QED) is 0.380. The summed E-state index contributed by atoms with van der Waals surface area (Å²) in [5, 5.41) is 0. The highest BCUT2D eigenvalue weighted by Gasteiger charge is 2.27. The predicted molar refractivity (Wildman–Crippen MR) is 117 cm³/mol. The van der Waals surface area contributed by atoms with Crippen molar-refractivity contribution in [3.8, 4) is 0 Å². The molecule has 7 heteroatoms. The third kappa shape index (κ3) is 7.88. The average Bonchev–Trinajstić information content (AvgIpc) is 2.53. The average molecular weight is 480 g/mol. The molecule has 2 aliphatic heterocycles. The minimum Gasteiger partial charge on any atom is -0.444 e. The third-order valence-electron chi connectivity index (χ3n) is 4.96. The molecule has 6 nitrogen and oxygen atoms in total. The standard InChI is InChI=1S/C19H36N4O2.HI/c1-15-7-5-11-22(13-15)17(20)21-10-9-16-8-6-12-23(14-16)18(24)25-19(2,3)4;/h15-16H,5-14H2,1-4H3,(H2,20,21);1H. The van der Waals surface area contributed by atoms with Gasteiger partial charge in [0.15, 0.2) is 5.96 Å². The van der Waals surface area contributed by atoms with Crippen LogP contribution < -0.4 is 5.73 Å². The van der Waals surface area contributed by atoms with Crippen LogP contribution >= 0.6 is 24.0 Å². The van der Waals surface area contributed by atoms with E-state index >= 15 is 0 Å². The Morgan fingerprint density at radius 3 is 2.46 bits per heavy atom. The van der Waals surface area contributed by atoms with Gasteiger partial charge in [-0.1, -0.05) is 6.92 Å². The summed E-state index contributed by atoms with van der Waals surface area (Å²) in [6.07, 6.45) is 5.45. The van der Waals surface area contributed by atoms with E-state index in [9.17, 15) is 4.79 Å². The van der Waals surface area contributed by atoms with Crippen molar-refractivity contribution in [1.29, 1.82) is 0 Å². The smallest absolute Gasteiger partial charge is 0.410 e. The van der Waals surface area contributed by atoms with Crippen LogP contribution in [0.5, 0.6) is 0 Å². The van der Waals surface area contributed by atoms with Crippen LogP contribution in [-0.2, 0) is 4.74 Å². The lowest BCUT2D eigenvalue weighted by molar-refractivity contribution is 0.0163. The van der Waals surface area contributed by atoms with Gasteiger partial charge in [-0.25, -0.2) is 4.79 Å². The highest BCUT2D eigenvalue weighted by molar-refractivity contribution is 14.0. The van der Waals surface area contributed by atoms with Crippen molar-refractivity contribution >= 4 is 36.0 Å². The van der Waals surface area contributed by atoms with E-state index in [2.05, 4.69) is 16.8 Å². The van der Waals surface area contributed by atoms with E-state index in [1.54, 1.807) is 0 Å². The van der Waals surface area contributed by atoms with Crippen molar-refractivity contribution in [3.05, 3.63) is 0 Å². The first-order valence-electron chi connectivity index (χ1n) is 9.77. The highest BCUT2D eigenvalue weighted by atomic mass is 127. The van der Waals surface area contributed by atoms with E-state index in [-0.39, 0.29) is 30.1 Å². The number of ether oxygens (including phenoxy) is 1. The normalized spacial score (nSPS) is 24.8. The number of aliphatic imine (C=N–C) groups is 1. The highest BCUT2D eigenvalue weighted by Crippen LogP contribution is 2.22. The van der Waals surface area contributed by atoms with Crippen molar-refractivity contribution in [2.75, 3.05) is 32.7 Å². The van der Waals surface area contributed by atoms with Crippen LogP contribution in [0, 0.1) is 11.8 Å². The molecule has 2 atom stereocenters. The van der Waals surface area contributed by atoms with Gasteiger partial charge in [0.25, 0.3) is 0 Å². The monoisotopic (exact) mass is 480 g/mol. The van der Waals surface area contributed by atoms with Crippen molar-refractivity contribution in [3.63, 3.8) is 0 Å². The summed E-state index contributed by atoms with van der Waals surface area (Å²) < 4.78 is 5.49. The molecule has 152 valence electrons. The van der Waals surface area contributed by atoms with Gasteiger partial charge >= 0.3 is 6.09 Å². The number of carbonyl (C=O) groups is 1. The maximum atomic E-state index is 12.2. The van der Waals surface area contributed by atoms with Gasteiger partial charge in [0.1, 0.15) is 5.60 Å². The molecule has 2 rings (SSSR count). The van der Waals surface area contributed by atoms with Gasteiger partial charge in [-0.2, -0.15) is 0 Å². The molecule has 1 amide bonds. The zero-order valence-corrected chi connectivity index (χ0v) is 19.2. The first kappa shape index (κ1) is 23.3. The van der Waals surface area contributed by atoms with Crippen molar-refractivity contribution in [2.45, 2.75) is 65.4 Å². The molecule has 0 saturated carbocycles. The number of nitrogens with zero attached hydrogens (tertiary/aromatic N) is 3. The second-order valence-corrected chi connectivity index (χ2v) is 8.66. The molecule has 2 saturated heterocycles. The van der Waals surface area contributed by atoms with Gasteiger partial charge < -0.3 is 20.3 Å². The fraction of sp³-hybridized carbons (Fsp3) is 0.895. The summed E-state index contributed by atoms with van der Waals surface area (Å²) in [6, 6.07) is 0. The second-order valence-electron chi connectivity index (χ2n) is 8.66. The van der Waals surface area contributed by atoms with Crippen LogP contribution in [0.25, 0.3) is 0 Å². The van der Waals surface area contributed by atoms with E-state index in [1.807, 2.05) is 25.7 Å². The summed E-state index contributed by atoms with van der Waals surface area (Å²) in [7, 11) is 0. The summed E-state index contributed by atoms with van der Waals surface area (Å²) in [4.78, 5) is 20.9. The molecule has 2 unspecified atom stereocenters. The summed E-state index contributed by atoms with van der Waals surface area (Å²) in [6.45, 7) is 12.3. The summed E-state index contributed by atoms with van der Waals surface area (Å²) in [5.74, 6) is 1.87. The number of piperidine rings is 2. The molecule has 0 aromatic rings. The predicted octanol–water partition coefficient (Wildman–Crippen LogP) is 3.69. The second kappa shape index (κ2) is 10.6. The Morgan fingerprint density at radius 2 is 1.81 bits per heavy atom. The molecule has 0 radical (unpaired) electrons.